The molecule has 234 valence electrons. The van der Waals surface area contributed by atoms with Crippen LogP contribution in [0.2, 0.25) is 16.6 Å². The summed E-state index contributed by atoms with van der Waals surface area (Å²) in [5, 5.41) is 0. The van der Waals surface area contributed by atoms with Crippen molar-refractivity contribution in [3.8, 4) is 11.5 Å². The highest BCUT2D eigenvalue weighted by Crippen LogP contribution is 2.41. The first-order valence-corrected chi connectivity index (χ1v) is 19.8. The molecule has 0 aromatic heterocycles. The van der Waals surface area contributed by atoms with E-state index in [1.165, 1.54) is 10.5 Å². The lowest BCUT2D eigenvalue weighted by Crippen LogP contribution is -2.43. The minimum atomic E-state index is -4.03. The van der Waals surface area contributed by atoms with E-state index in [4.69, 9.17) is 4.74 Å². The third-order valence-electron chi connectivity index (χ3n) is 8.21. The summed E-state index contributed by atoms with van der Waals surface area (Å²) in [6, 6.07) is 21.5. The van der Waals surface area contributed by atoms with Gasteiger partial charge < -0.3 is 4.74 Å². The minimum absolute atomic E-state index is 0.164. The van der Waals surface area contributed by atoms with Crippen LogP contribution in [0.5, 0.6) is 0 Å². The molecule has 0 amide bonds. The molecule has 3 aromatic carbocycles. The number of halogens is 1. The number of benzene rings is 3. The number of anilines is 1. The highest BCUT2D eigenvalue weighted by atomic mass is 127. The van der Waals surface area contributed by atoms with Crippen LogP contribution in [0.15, 0.2) is 89.5 Å². The van der Waals surface area contributed by atoms with Gasteiger partial charge in [-0.05, 0) is 94.5 Å². The molecule has 0 aliphatic carbocycles. The lowest BCUT2D eigenvalue weighted by atomic mass is 10.1. The highest BCUT2D eigenvalue weighted by molar-refractivity contribution is 14.1. The van der Waals surface area contributed by atoms with Gasteiger partial charge >= 0.3 is 5.97 Å². The van der Waals surface area contributed by atoms with Crippen molar-refractivity contribution < 1.29 is 17.9 Å². The molecular weight excluding hydrogens is 697 g/mol. The van der Waals surface area contributed by atoms with E-state index < -0.39 is 24.1 Å². The molecule has 0 unspecified atom stereocenters. The van der Waals surface area contributed by atoms with Crippen LogP contribution in [-0.4, -0.2) is 29.1 Å². The van der Waals surface area contributed by atoms with Gasteiger partial charge in [-0.15, -0.1) is 5.54 Å². The summed E-state index contributed by atoms with van der Waals surface area (Å²) in [5.41, 5.74) is 8.21. The van der Waals surface area contributed by atoms with Gasteiger partial charge in [-0.25, -0.2) is 17.5 Å². The smallest absolute Gasteiger partial charge is 0.339 e. The maximum Gasteiger partial charge on any atom is 0.339 e. The van der Waals surface area contributed by atoms with Gasteiger partial charge in [-0.2, -0.15) is 0 Å². The first-order chi connectivity index (χ1) is 20.7. The second kappa shape index (κ2) is 15.4. The predicted octanol–water partition coefficient (Wildman–Crippen LogP) is 9.32. The van der Waals surface area contributed by atoms with E-state index >= 15 is 0 Å². The quantitative estimate of drug-likeness (QED) is 0.0851. The van der Waals surface area contributed by atoms with Crippen LogP contribution in [0.25, 0.3) is 0 Å². The van der Waals surface area contributed by atoms with Crippen LogP contribution < -0.4 is 4.31 Å². The van der Waals surface area contributed by atoms with Gasteiger partial charge in [0.15, 0.2) is 0 Å². The number of ether oxygens (including phenoxy) is 1. The molecule has 3 aromatic rings. The van der Waals surface area contributed by atoms with Crippen molar-refractivity contribution in [1.82, 2.24) is 0 Å². The molecule has 0 aliphatic heterocycles. The Labute approximate surface area is 279 Å². The molecule has 0 heterocycles. The largest absolute Gasteiger partial charge is 0.456 e. The Morgan fingerprint density at radius 3 is 2.00 bits per heavy atom. The zero-order valence-corrected chi connectivity index (χ0v) is 31.0. The molecule has 0 N–H and O–H groups in total. The van der Waals surface area contributed by atoms with E-state index in [2.05, 4.69) is 82.5 Å². The summed E-state index contributed by atoms with van der Waals surface area (Å²) in [5.74, 6) is 2.89. The van der Waals surface area contributed by atoms with E-state index in [1.807, 2.05) is 31.2 Å². The standard InChI is InChI=1S/C36H44INO4SSi/c1-9-30-16-18-32(19-17-30)38(43(40,41)33-20-14-29(8)15-21-33)24-31(22-23-44(26(2)3,27(4)5)28(6)7)25-42-36(39)34-12-10-11-13-35(34)37/h10-21,24,26-28H,9,25H2,1-8H3/b31-24+. The Kier molecular flexibility index (Phi) is 12.5. The van der Waals surface area contributed by atoms with Gasteiger partial charge in [-0.3, -0.25) is 0 Å². The predicted molar refractivity (Wildman–Crippen MR) is 193 cm³/mol. The topological polar surface area (TPSA) is 63.7 Å². The Bertz CT molecular complexity index is 1610. The summed E-state index contributed by atoms with van der Waals surface area (Å²) in [4.78, 5) is 13.3. The normalized spacial score (nSPS) is 12.3. The highest BCUT2D eigenvalue weighted by Gasteiger charge is 2.41. The maximum absolute atomic E-state index is 14.2. The molecule has 5 nitrogen and oxygen atoms in total. The van der Waals surface area contributed by atoms with E-state index in [-0.39, 0.29) is 11.5 Å². The fourth-order valence-corrected chi connectivity index (χ4v) is 12.9. The number of carbonyl (C=O) groups excluding carboxylic acids is 1. The molecule has 44 heavy (non-hydrogen) atoms. The Morgan fingerprint density at radius 1 is 0.909 bits per heavy atom. The van der Waals surface area contributed by atoms with Crippen molar-refractivity contribution >= 4 is 52.3 Å². The average Bonchev–Trinajstić information content (AvgIpc) is 2.98. The molecule has 0 bridgehead atoms. The average molecular weight is 742 g/mol. The maximum atomic E-state index is 14.2. The van der Waals surface area contributed by atoms with Gasteiger partial charge in [0.05, 0.1) is 21.7 Å². The summed E-state index contributed by atoms with van der Waals surface area (Å²) in [7, 11) is -6.22. The molecule has 0 atom stereocenters. The van der Waals surface area contributed by atoms with E-state index in [0.717, 1.165) is 21.1 Å². The fraction of sp³-hybridized carbons (Fsp3) is 0.361. The number of hydrogen-bond acceptors (Lipinski definition) is 4. The third-order valence-corrected chi connectivity index (χ3v) is 17.1. The van der Waals surface area contributed by atoms with Crippen LogP contribution in [0.4, 0.5) is 5.69 Å². The Hall–Kier alpha value is -2.87. The third kappa shape index (κ3) is 8.23. The van der Waals surface area contributed by atoms with Crippen LogP contribution in [0, 0.1) is 22.0 Å². The fourth-order valence-electron chi connectivity index (χ4n) is 5.70. The van der Waals surface area contributed by atoms with Crippen LogP contribution in [-0.2, 0) is 21.2 Å². The number of hydrogen-bond donors (Lipinski definition) is 0. The zero-order chi connectivity index (χ0) is 32.7. The number of sulfonamides is 1. The summed E-state index contributed by atoms with van der Waals surface area (Å²) < 4.78 is 36.2. The van der Waals surface area contributed by atoms with E-state index in [0.29, 0.717) is 33.4 Å². The molecule has 0 saturated carbocycles. The Morgan fingerprint density at radius 2 is 1.48 bits per heavy atom. The van der Waals surface area contributed by atoms with Gasteiger partial charge in [0, 0.05) is 9.77 Å². The van der Waals surface area contributed by atoms with Gasteiger partial charge in [0.2, 0.25) is 0 Å². The lowest BCUT2D eigenvalue weighted by molar-refractivity contribution is 0.0542. The van der Waals surface area contributed by atoms with Crippen molar-refractivity contribution in [2.24, 2.45) is 0 Å². The molecule has 0 aliphatic rings. The summed E-state index contributed by atoms with van der Waals surface area (Å²) in [6.07, 6.45) is 2.37. The number of aryl methyl sites for hydroxylation is 2. The van der Waals surface area contributed by atoms with Crippen molar-refractivity contribution in [2.45, 2.75) is 83.3 Å². The van der Waals surface area contributed by atoms with Crippen LogP contribution in [0.1, 0.15) is 70.0 Å². The second-order valence-corrected chi connectivity index (χ2v) is 20.5. The molecule has 3 rings (SSSR count). The monoisotopic (exact) mass is 741 g/mol. The van der Waals surface area contributed by atoms with Gasteiger partial charge in [0.1, 0.15) is 14.7 Å². The van der Waals surface area contributed by atoms with Crippen molar-refractivity contribution in [1.29, 1.82) is 0 Å². The number of esters is 1. The van der Waals surface area contributed by atoms with E-state index in [1.54, 1.807) is 48.5 Å². The van der Waals surface area contributed by atoms with Crippen molar-refractivity contribution in [3.63, 3.8) is 0 Å². The summed E-state index contributed by atoms with van der Waals surface area (Å²) >= 11 is 2.11. The first kappa shape index (κ1) is 35.6. The number of carbonyl (C=O) groups is 1. The molecule has 8 heteroatoms. The van der Waals surface area contributed by atoms with Crippen molar-refractivity contribution in [2.75, 3.05) is 10.9 Å². The first-order valence-electron chi connectivity index (χ1n) is 15.1. The molecular formula is C36H44INO4SSi. The summed E-state index contributed by atoms with van der Waals surface area (Å²) in [6.45, 7) is 17.2. The molecule has 0 saturated heterocycles. The number of rotatable bonds is 11. The van der Waals surface area contributed by atoms with E-state index in [9.17, 15) is 13.2 Å². The number of nitrogens with zero attached hydrogens (tertiary/aromatic N) is 1. The SMILES string of the molecule is CCc1ccc(N(/C=C(\C#C[Si](C(C)C)(C(C)C)C(C)C)COC(=O)c2ccccc2I)S(=O)(=O)c2ccc(C)cc2)cc1. The molecule has 0 spiro atoms. The minimum Gasteiger partial charge on any atom is -0.456 e. The molecule has 0 radical (unpaired) electrons. The lowest BCUT2D eigenvalue weighted by Gasteiger charge is -2.38. The van der Waals surface area contributed by atoms with Crippen LogP contribution in [0.3, 0.4) is 0 Å². The second-order valence-electron chi connectivity index (χ2n) is 12.0. The van der Waals surface area contributed by atoms with Crippen LogP contribution >= 0.6 is 22.6 Å². The molecule has 0 fully saturated rings. The zero-order valence-electron chi connectivity index (χ0n) is 27.0. The van der Waals surface area contributed by atoms with Gasteiger partial charge in [0.25, 0.3) is 10.0 Å². The Balaban J connectivity index is 2.23. The van der Waals surface area contributed by atoms with Crippen molar-refractivity contribution in [3.05, 3.63) is 105 Å². The van der Waals surface area contributed by atoms with Gasteiger partial charge in [-0.1, -0.05) is 96.3 Å².